The number of carbonyl (C=O) groups is 1. The van der Waals surface area contributed by atoms with Crippen molar-refractivity contribution in [3.8, 4) is 5.75 Å². The molecule has 2 aromatic rings. The number of hydrogen-bond donors (Lipinski definition) is 0. The van der Waals surface area contributed by atoms with Gasteiger partial charge in [0.2, 0.25) is 0 Å². The molecule has 2 rings (SSSR count). The van der Waals surface area contributed by atoms with Crippen LogP contribution in [0.15, 0.2) is 48.5 Å². The summed E-state index contributed by atoms with van der Waals surface area (Å²) in [5.41, 5.74) is 2.21. The van der Waals surface area contributed by atoms with Crippen LogP contribution in [-0.4, -0.2) is 17.8 Å². The van der Waals surface area contributed by atoms with Gasteiger partial charge in [-0.25, -0.2) is 0 Å². The third kappa shape index (κ3) is 3.79. The normalized spacial score (nSPS) is 10.6. The number of nitrogens with zero attached hydrogens (tertiary/aromatic N) is 1. The first-order valence-electron chi connectivity index (χ1n) is 6.62. The predicted octanol–water partition coefficient (Wildman–Crippen LogP) is 3.81. The number of carbonyl (C=O) groups excluding carboxylic acids is 1. The van der Waals surface area contributed by atoms with Gasteiger partial charge in [-0.2, -0.15) is 0 Å². The van der Waals surface area contributed by atoms with Crippen molar-refractivity contribution in [3.63, 3.8) is 0 Å². The lowest BCUT2D eigenvalue weighted by molar-refractivity contribution is -0.384. The number of allylic oxidation sites excluding steroid dienone is 1. The summed E-state index contributed by atoms with van der Waals surface area (Å²) in [4.78, 5) is 22.3. The highest BCUT2D eigenvalue weighted by atomic mass is 16.6. The molecule has 0 N–H and O–H groups in total. The van der Waals surface area contributed by atoms with Crippen molar-refractivity contribution in [2.24, 2.45) is 0 Å². The van der Waals surface area contributed by atoms with E-state index < -0.39 is 4.92 Å². The smallest absolute Gasteiger partial charge is 0.269 e. The number of benzene rings is 2. The number of aryl methyl sites for hydroxylation is 1. The molecule has 0 aliphatic rings. The van der Waals surface area contributed by atoms with Gasteiger partial charge in [-0.15, -0.1) is 0 Å². The van der Waals surface area contributed by atoms with Crippen molar-refractivity contribution in [2.75, 3.05) is 7.11 Å². The minimum atomic E-state index is -0.461. The summed E-state index contributed by atoms with van der Waals surface area (Å²) in [6.45, 7) is 1.89. The SMILES string of the molecule is COc1cc(C)cc(C(=O)/C=C/c2ccc([N+](=O)[O-])cc2)c1. The molecule has 0 radical (unpaired) electrons. The number of ketones is 1. The molecule has 0 aliphatic heterocycles. The first-order valence-corrected chi connectivity index (χ1v) is 6.62. The highest BCUT2D eigenvalue weighted by Gasteiger charge is 2.06. The monoisotopic (exact) mass is 297 g/mol. The molecular formula is C17H15NO4. The second-order valence-electron chi connectivity index (χ2n) is 4.79. The van der Waals surface area contributed by atoms with Crippen LogP contribution in [0.3, 0.4) is 0 Å². The Balaban J connectivity index is 2.17. The van der Waals surface area contributed by atoms with Crippen molar-refractivity contribution < 1.29 is 14.5 Å². The third-order valence-corrected chi connectivity index (χ3v) is 3.10. The van der Waals surface area contributed by atoms with Crippen LogP contribution in [0.2, 0.25) is 0 Å². The Hall–Kier alpha value is -2.95. The van der Waals surface area contributed by atoms with Crippen LogP contribution >= 0.6 is 0 Å². The van der Waals surface area contributed by atoms with E-state index in [1.807, 2.05) is 13.0 Å². The second kappa shape index (κ2) is 6.67. The highest BCUT2D eigenvalue weighted by Crippen LogP contribution is 2.18. The van der Waals surface area contributed by atoms with E-state index in [9.17, 15) is 14.9 Å². The molecule has 0 saturated carbocycles. The first kappa shape index (κ1) is 15.4. The number of nitro benzene ring substituents is 1. The zero-order valence-electron chi connectivity index (χ0n) is 12.3. The second-order valence-corrected chi connectivity index (χ2v) is 4.79. The molecule has 0 aromatic heterocycles. The van der Waals surface area contributed by atoms with E-state index in [0.717, 1.165) is 11.1 Å². The van der Waals surface area contributed by atoms with Gasteiger partial charge in [0.1, 0.15) is 5.75 Å². The van der Waals surface area contributed by atoms with Gasteiger partial charge < -0.3 is 4.74 Å². The van der Waals surface area contributed by atoms with E-state index in [2.05, 4.69) is 0 Å². The molecule has 2 aromatic carbocycles. The molecule has 112 valence electrons. The number of rotatable bonds is 5. The van der Waals surface area contributed by atoms with Gasteiger partial charge in [-0.05, 0) is 54.5 Å². The molecular weight excluding hydrogens is 282 g/mol. The standard InChI is InChI=1S/C17H15NO4/c1-12-9-14(11-16(10-12)22-2)17(19)8-5-13-3-6-15(7-4-13)18(20)21/h3-11H,1-2H3/b8-5+. The van der Waals surface area contributed by atoms with E-state index in [4.69, 9.17) is 4.74 Å². The average Bonchev–Trinajstić information content (AvgIpc) is 2.52. The fourth-order valence-corrected chi connectivity index (χ4v) is 1.98. The number of non-ortho nitro benzene ring substituents is 1. The quantitative estimate of drug-likeness (QED) is 0.364. The third-order valence-electron chi connectivity index (χ3n) is 3.10. The number of ether oxygens (including phenoxy) is 1. The lowest BCUT2D eigenvalue weighted by Gasteiger charge is -2.04. The van der Waals surface area contributed by atoms with E-state index in [1.54, 1.807) is 37.5 Å². The molecule has 0 aliphatic carbocycles. The van der Waals surface area contributed by atoms with Gasteiger partial charge in [0.15, 0.2) is 5.78 Å². The van der Waals surface area contributed by atoms with Gasteiger partial charge in [-0.3, -0.25) is 14.9 Å². The van der Waals surface area contributed by atoms with Crippen LogP contribution in [-0.2, 0) is 0 Å². The van der Waals surface area contributed by atoms with Crippen molar-refractivity contribution in [2.45, 2.75) is 6.92 Å². The summed E-state index contributed by atoms with van der Waals surface area (Å²) in [5, 5.41) is 10.6. The fourth-order valence-electron chi connectivity index (χ4n) is 1.98. The van der Waals surface area contributed by atoms with Crippen LogP contribution in [0.25, 0.3) is 6.08 Å². The van der Waals surface area contributed by atoms with E-state index in [1.165, 1.54) is 18.2 Å². The number of methoxy groups -OCH3 is 1. The maximum Gasteiger partial charge on any atom is 0.269 e. The minimum absolute atomic E-state index is 0.0203. The molecule has 0 saturated heterocycles. The van der Waals surface area contributed by atoms with Gasteiger partial charge in [-0.1, -0.05) is 6.08 Å². The van der Waals surface area contributed by atoms with Gasteiger partial charge in [0.25, 0.3) is 5.69 Å². The van der Waals surface area contributed by atoms with Crippen LogP contribution in [0.1, 0.15) is 21.5 Å². The van der Waals surface area contributed by atoms with Crippen molar-refractivity contribution >= 4 is 17.5 Å². The maximum atomic E-state index is 12.2. The van der Waals surface area contributed by atoms with Gasteiger partial charge in [0.05, 0.1) is 12.0 Å². The molecule has 5 nitrogen and oxygen atoms in total. The molecule has 22 heavy (non-hydrogen) atoms. The van der Waals surface area contributed by atoms with Crippen LogP contribution in [0, 0.1) is 17.0 Å². The molecule has 5 heteroatoms. The van der Waals surface area contributed by atoms with Gasteiger partial charge in [0, 0.05) is 17.7 Å². The summed E-state index contributed by atoms with van der Waals surface area (Å²) in [6, 6.07) is 11.3. The topological polar surface area (TPSA) is 69.4 Å². The zero-order chi connectivity index (χ0) is 16.1. The molecule has 0 fully saturated rings. The lowest BCUT2D eigenvalue weighted by atomic mass is 10.1. The fraction of sp³-hybridized carbons (Fsp3) is 0.118. The van der Waals surface area contributed by atoms with Gasteiger partial charge >= 0.3 is 0 Å². The minimum Gasteiger partial charge on any atom is -0.497 e. The Bertz CT molecular complexity index is 733. The van der Waals surface area contributed by atoms with Crippen LogP contribution in [0.5, 0.6) is 5.75 Å². The number of nitro groups is 1. The Morgan fingerprint density at radius 1 is 1.18 bits per heavy atom. The first-order chi connectivity index (χ1) is 10.5. The lowest BCUT2D eigenvalue weighted by Crippen LogP contribution is -1.96. The van der Waals surface area contributed by atoms with Crippen LogP contribution in [0.4, 0.5) is 5.69 Å². The Morgan fingerprint density at radius 3 is 2.45 bits per heavy atom. The van der Waals surface area contributed by atoms with Crippen molar-refractivity contribution in [1.29, 1.82) is 0 Å². The average molecular weight is 297 g/mol. The zero-order valence-corrected chi connectivity index (χ0v) is 12.3. The molecule has 0 atom stereocenters. The van der Waals surface area contributed by atoms with Crippen LogP contribution < -0.4 is 4.74 Å². The summed E-state index contributed by atoms with van der Waals surface area (Å²) in [5.74, 6) is 0.479. The molecule has 0 heterocycles. The molecule has 0 spiro atoms. The summed E-state index contributed by atoms with van der Waals surface area (Å²) in [6.07, 6.45) is 3.07. The Morgan fingerprint density at radius 2 is 1.86 bits per heavy atom. The maximum absolute atomic E-state index is 12.2. The summed E-state index contributed by atoms with van der Waals surface area (Å²) in [7, 11) is 1.55. The summed E-state index contributed by atoms with van der Waals surface area (Å²) < 4.78 is 5.14. The number of hydrogen-bond acceptors (Lipinski definition) is 4. The van der Waals surface area contributed by atoms with Crippen molar-refractivity contribution in [3.05, 3.63) is 75.3 Å². The van der Waals surface area contributed by atoms with Crippen molar-refractivity contribution in [1.82, 2.24) is 0 Å². The van der Waals surface area contributed by atoms with E-state index >= 15 is 0 Å². The molecule has 0 unspecified atom stereocenters. The molecule has 0 bridgehead atoms. The predicted molar refractivity (Wildman–Crippen MR) is 84.2 cm³/mol. The van der Waals surface area contributed by atoms with E-state index in [-0.39, 0.29) is 11.5 Å². The summed E-state index contributed by atoms with van der Waals surface area (Å²) >= 11 is 0. The largest absolute Gasteiger partial charge is 0.497 e. The Kier molecular flexibility index (Phi) is 4.68. The highest BCUT2D eigenvalue weighted by molar-refractivity contribution is 6.07. The molecule has 0 amide bonds. The Labute approximate surface area is 128 Å². The van der Waals surface area contributed by atoms with E-state index in [0.29, 0.717) is 11.3 Å².